The van der Waals surface area contributed by atoms with Crippen molar-refractivity contribution in [2.45, 2.75) is 30.9 Å². The van der Waals surface area contributed by atoms with E-state index in [2.05, 4.69) is 0 Å². The van der Waals surface area contributed by atoms with Crippen LogP contribution >= 0.6 is 15.2 Å². The van der Waals surface area contributed by atoms with Crippen LogP contribution in [0.4, 0.5) is 10.1 Å². The zero-order chi connectivity index (χ0) is 28.2. The molecule has 38 heavy (non-hydrogen) atoms. The summed E-state index contributed by atoms with van der Waals surface area (Å²) in [6.07, 6.45) is 0.286. The van der Waals surface area contributed by atoms with Crippen LogP contribution in [0.1, 0.15) is 36.2 Å². The summed E-state index contributed by atoms with van der Waals surface area (Å²) in [5.41, 5.74) is -0.865. The Morgan fingerprint density at radius 1 is 1.16 bits per heavy atom. The van der Waals surface area contributed by atoms with Gasteiger partial charge in [-0.1, -0.05) is 0 Å². The summed E-state index contributed by atoms with van der Waals surface area (Å²) in [5.74, 6) is -2.04. The van der Waals surface area contributed by atoms with E-state index in [0.717, 1.165) is 6.07 Å². The van der Waals surface area contributed by atoms with Crippen molar-refractivity contribution in [3.8, 4) is 5.75 Å². The summed E-state index contributed by atoms with van der Waals surface area (Å²) < 4.78 is 45.9. The van der Waals surface area contributed by atoms with E-state index in [1.165, 1.54) is 6.20 Å². The molecule has 1 aromatic carbocycles. The smallest absolute Gasteiger partial charge is 0.369 e. The molecule has 17 heteroatoms. The molecule has 0 radical (unpaired) electrons. The number of aliphatic hydroxyl groups is 1. The number of halogens is 1. The minimum absolute atomic E-state index is 0.103. The van der Waals surface area contributed by atoms with Gasteiger partial charge in [0.25, 0.3) is 5.08 Å². The predicted octanol–water partition coefficient (Wildman–Crippen LogP) is 0.696. The van der Waals surface area contributed by atoms with E-state index < -0.39 is 49.5 Å². The van der Waals surface area contributed by atoms with E-state index in [1.807, 2.05) is 4.90 Å². The van der Waals surface area contributed by atoms with Gasteiger partial charge in [0.1, 0.15) is 17.9 Å². The minimum atomic E-state index is -5.53. The number of piperazine rings is 1. The quantitative estimate of drug-likeness (QED) is 0.238. The van der Waals surface area contributed by atoms with Crippen LogP contribution in [0.2, 0.25) is 0 Å². The summed E-state index contributed by atoms with van der Waals surface area (Å²) >= 11 is 0. The second kappa shape index (κ2) is 10.00. The molecule has 0 amide bonds. The molecule has 3 heterocycles. The first-order valence-electron chi connectivity index (χ1n) is 11.6. The molecule has 4 rings (SSSR count). The highest BCUT2D eigenvalue weighted by Crippen LogP contribution is 2.69. The van der Waals surface area contributed by atoms with E-state index in [1.54, 1.807) is 16.4 Å². The van der Waals surface area contributed by atoms with Crippen LogP contribution in [-0.4, -0.2) is 89.6 Å². The monoisotopic (exact) mass is 579 g/mol. The van der Waals surface area contributed by atoms with Gasteiger partial charge in [0.2, 0.25) is 5.43 Å². The van der Waals surface area contributed by atoms with Crippen LogP contribution < -0.4 is 15.1 Å². The van der Waals surface area contributed by atoms with Gasteiger partial charge in [0.05, 0.1) is 16.9 Å². The summed E-state index contributed by atoms with van der Waals surface area (Å²) in [4.78, 5) is 64.9. The molecule has 1 saturated heterocycles. The number of aromatic carboxylic acids is 1. The maximum Gasteiger partial charge on any atom is 0.369 e. The second-order valence-electron chi connectivity index (χ2n) is 9.47. The van der Waals surface area contributed by atoms with Gasteiger partial charge in [-0.2, -0.15) is 0 Å². The van der Waals surface area contributed by atoms with Crippen LogP contribution in [0.3, 0.4) is 0 Å². The van der Waals surface area contributed by atoms with Crippen molar-refractivity contribution < 1.29 is 52.8 Å². The molecule has 210 valence electrons. The SMILES string of the molecule is CC1COc2c(N3CCN(CCCC(O)(P(=O)(O)O)P(=O)(O)O)CC3)c(F)cc3c(=O)c(C(=O)O)cn1c23. The summed E-state index contributed by atoms with van der Waals surface area (Å²) in [6.45, 7) is 3.34. The number of carboxylic acid groups (broad SMARTS) is 1. The summed E-state index contributed by atoms with van der Waals surface area (Å²) in [7, 11) is -11.1. The molecule has 1 fully saturated rings. The number of rotatable bonds is 8. The molecule has 2 aliphatic heterocycles. The lowest BCUT2D eigenvalue weighted by Gasteiger charge is -2.38. The topological polar surface area (TPSA) is 210 Å². The lowest BCUT2D eigenvalue weighted by Crippen LogP contribution is -2.47. The largest absolute Gasteiger partial charge is 0.487 e. The average Bonchev–Trinajstić information content (AvgIpc) is 2.81. The number of benzene rings is 1. The first-order valence-corrected chi connectivity index (χ1v) is 14.9. The molecule has 1 unspecified atom stereocenters. The van der Waals surface area contributed by atoms with Crippen molar-refractivity contribution in [3.05, 3.63) is 33.9 Å². The van der Waals surface area contributed by atoms with E-state index in [4.69, 9.17) is 4.74 Å². The molecular weight excluding hydrogens is 551 g/mol. The highest BCUT2D eigenvalue weighted by molar-refractivity contribution is 7.72. The van der Waals surface area contributed by atoms with Crippen molar-refractivity contribution in [1.29, 1.82) is 0 Å². The van der Waals surface area contributed by atoms with Gasteiger partial charge in [-0.05, 0) is 26.0 Å². The van der Waals surface area contributed by atoms with Crippen LogP contribution in [0.5, 0.6) is 5.75 Å². The van der Waals surface area contributed by atoms with E-state index in [-0.39, 0.29) is 55.5 Å². The third kappa shape index (κ3) is 4.89. The number of carbonyl (C=O) groups is 1. The Bertz CT molecular complexity index is 1410. The van der Waals surface area contributed by atoms with Gasteiger partial charge < -0.3 is 44.0 Å². The lowest BCUT2D eigenvalue weighted by molar-refractivity contribution is 0.0694. The van der Waals surface area contributed by atoms with Gasteiger partial charge in [0, 0.05) is 38.8 Å². The third-order valence-electron chi connectivity index (χ3n) is 6.98. The first kappa shape index (κ1) is 28.7. The zero-order valence-electron chi connectivity index (χ0n) is 20.2. The van der Waals surface area contributed by atoms with Crippen molar-refractivity contribution in [2.24, 2.45) is 0 Å². The van der Waals surface area contributed by atoms with Gasteiger partial charge in [-0.25, -0.2) is 9.18 Å². The predicted molar refractivity (Wildman–Crippen MR) is 132 cm³/mol. The average molecular weight is 579 g/mol. The molecule has 6 N–H and O–H groups in total. The normalized spacial score (nSPS) is 19.0. The Labute approximate surface area is 215 Å². The molecule has 14 nitrogen and oxygen atoms in total. The van der Waals surface area contributed by atoms with Crippen molar-refractivity contribution in [3.63, 3.8) is 0 Å². The van der Waals surface area contributed by atoms with Crippen LogP contribution in [0.25, 0.3) is 10.9 Å². The number of carboxylic acids is 1. The fourth-order valence-electron chi connectivity index (χ4n) is 4.85. The number of ether oxygens (including phenoxy) is 1. The van der Waals surface area contributed by atoms with Crippen LogP contribution in [-0.2, 0) is 9.13 Å². The Kier molecular flexibility index (Phi) is 7.54. The van der Waals surface area contributed by atoms with Gasteiger partial charge in [-0.15, -0.1) is 0 Å². The first-order chi connectivity index (χ1) is 17.6. The highest BCUT2D eigenvalue weighted by Gasteiger charge is 2.58. The van der Waals surface area contributed by atoms with Crippen LogP contribution in [0, 0.1) is 5.82 Å². The minimum Gasteiger partial charge on any atom is -0.487 e. The molecule has 2 aromatic rings. The molecule has 0 saturated carbocycles. The van der Waals surface area contributed by atoms with Gasteiger partial charge in [-0.3, -0.25) is 18.8 Å². The molecule has 0 aliphatic carbocycles. The fraction of sp³-hybridized carbons (Fsp3) is 0.524. The van der Waals surface area contributed by atoms with Gasteiger partial charge in [0.15, 0.2) is 11.6 Å². The van der Waals surface area contributed by atoms with E-state index in [0.29, 0.717) is 18.6 Å². The lowest BCUT2D eigenvalue weighted by atomic mass is 10.1. The maximum atomic E-state index is 15.4. The Morgan fingerprint density at radius 3 is 2.32 bits per heavy atom. The molecule has 1 aromatic heterocycles. The standard InChI is InChI=1S/C21H28FN3O11P2/c1-12-11-36-19-16-13(18(26)14(20(27)28)10-25(12)16)9-15(22)17(19)24-7-5-23(6-8-24)4-2-3-21(29,37(30,31)32)38(33,34)35/h9-10,12,29H,2-8,11H2,1H3,(H,27,28)(H2,30,31,32)(H2,33,34,35). The third-order valence-corrected chi connectivity index (χ3v) is 10.9. The number of nitrogens with zero attached hydrogens (tertiary/aromatic N) is 3. The Balaban J connectivity index is 1.54. The molecular formula is C21H28FN3O11P2. The number of aromatic nitrogens is 1. The second-order valence-corrected chi connectivity index (χ2v) is 13.5. The zero-order valence-corrected chi connectivity index (χ0v) is 22.0. The molecule has 0 bridgehead atoms. The molecule has 0 spiro atoms. The summed E-state index contributed by atoms with van der Waals surface area (Å²) in [5, 5.41) is 15.9. The number of hydrogen-bond acceptors (Lipinski definition) is 8. The van der Waals surface area contributed by atoms with Gasteiger partial charge >= 0.3 is 21.2 Å². The van der Waals surface area contributed by atoms with Crippen molar-refractivity contribution in [1.82, 2.24) is 9.47 Å². The molecule has 1 atom stereocenters. The number of anilines is 1. The number of hydrogen-bond donors (Lipinski definition) is 6. The molecule has 2 aliphatic rings. The summed E-state index contributed by atoms with van der Waals surface area (Å²) in [6, 6.07) is 0.705. The Morgan fingerprint density at radius 2 is 1.76 bits per heavy atom. The van der Waals surface area contributed by atoms with Crippen LogP contribution in [0.15, 0.2) is 17.1 Å². The highest BCUT2D eigenvalue weighted by atomic mass is 31.2. The Hall–Kier alpha value is -2.35. The van der Waals surface area contributed by atoms with Crippen molar-refractivity contribution in [2.75, 3.05) is 44.2 Å². The fourth-order valence-corrected chi connectivity index (χ4v) is 7.11. The number of pyridine rings is 1. The van der Waals surface area contributed by atoms with E-state index in [9.17, 15) is 48.5 Å². The maximum absolute atomic E-state index is 15.4. The van der Waals surface area contributed by atoms with Crippen molar-refractivity contribution >= 4 is 37.8 Å². The van der Waals surface area contributed by atoms with E-state index >= 15 is 4.39 Å².